The largest absolute Gasteiger partial charge is 0.456 e. The van der Waals surface area contributed by atoms with Crippen LogP contribution in [0.15, 0.2) is 16.5 Å². The van der Waals surface area contributed by atoms with Crippen molar-refractivity contribution in [1.82, 2.24) is 5.32 Å². The number of hydrogen-bond acceptors (Lipinski definition) is 3. The normalized spacial score (nSPS) is 12.4. The second-order valence-corrected chi connectivity index (χ2v) is 3.81. The molecule has 0 spiro atoms. The van der Waals surface area contributed by atoms with Gasteiger partial charge in [-0.3, -0.25) is 4.79 Å². The van der Waals surface area contributed by atoms with Gasteiger partial charge >= 0.3 is 0 Å². The van der Waals surface area contributed by atoms with Crippen molar-refractivity contribution >= 4 is 5.91 Å². The van der Waals surface area contributed by atoms with E-state index >= 15 is 0 Å². The molecule has 0 aliphatic heterocycles. The summed E-state index contributed by atoms with van der Waals surface area (Å²) in [7, 11) is 0. The first-order valence-corrected chi connectivity index (χ1v) is 5.80. The molecule has 0 aromatic carbocycles. The van der Waals surface area contributed by atoms with Crippen LogP contribution in [0.5, 0.6) is 0 Å². The fourth-order valence-corrected chi connectivity index (χ4v) is 1.54. The van der Waals surface area contributed by atoms with E-state index in [2.05, 4.69) is 12.2 Å². The highest BCUT2D eigenvalue weighted by Crippen LogP contribution is 2.08. The molecule has 90 valence electrons. The molecule has 1 atom stereocenters. The first-order valence-electron chi connectivity index (χ1n) is 5.80. The molecule has 4 nitrogen and oxygen atoms in total. The zero-order valence-corrected chi connectivity index (χ0v) is 9.95. The van der Waals surface area contributed by atoms with E-state index in [0.717, 1.165) is 25.0 Å². The van der Waals surface area contributed by atoms with E-state index in [1.807, 2.05) is 13.0 Å². The Morgan fingerprint density at radius 3 is 2.75 bits per heavy atom. The lowest BCUT2D eigenvalue weighted by atomic mass is 10.1. The molecule has 1 rings (SSSR count). The van der Waals surface area contributed by atoms with Crippen LogP contribution >= 0.6 is 0 Å². The van der Waals surface area contributed by atoms with E-state index in [1.54, 1.807) is 6.07 Å². The fraction of sp³-hybridized carbons (Fsp3) is 0.583. The molecular formula is C12H20N2O2. The number of furan rings is 1. The molecule has 0 radical (unpaired) electrons. The third-order valence-corrected chi connectivity index (χ3v) is 2.49. The first-order chi connectivity index (χ1) is 7.71. The quantitative estimate of drug-likeness (QED) is 0.772. The first kappa shape index (κ1) is 12.8. The van der Waals surface area contributed by atoms with Crippen LogP contribution in [-0.4, -0.2) is 18.5 Å². The number of nitrogens with two attached hydrogens (primary N) is 1. The molecule has 1 amide bonds. The summed E-state index contributed by atoms with van der Waals surface area (Å²) in [6.45, 7) is 4.51. The van der Waals surface area contributed by atoms with Crippen LogP contribution in [0.4, 0.5) is 0 Å². The van der Waals surface area contributed by atoms with Gasteiger partial charge < -0.3 is 15.5 Å². The monoisotopic (exact) mass is 224 g/mol. The molecule has 1 unspecified atom stereocenters. The molecule has 1 heterocycles. The Labute approximate surface area is 96.2 Å². The molecule has 0 bridgehead atoms. The lowest BCUT2D eigenvalue weighted by Gasteiger charge is -2.14. The average Bonchev–Trinajstić information content (AvgIpc) is 2.76. The number of hydrogen-bond donors (Lipinski definition) is 2. The van der Waals surface area contributed by atoms with Crippen molar-refractivity contribution < 1.29 is 9.21 Å². The topological polar surface area (TPSA) is 68.3 Å². The van der Waals surface area contributed by atoms with Crippen LogP contribution in [0.25, 0.3) is 0 Å². The average molecular weight is 224 g/mol. The molecule has 16 heavy (non-hydrogen) atoms. The highest BCUT2D eigenvalue weighted by molar-refractivity contribution is 5.91. The number of aryl methyl sites for hydroxylation is 1. The number of carbonyl (C=O) groups excluding carboxylic acids is 1. The summed E-state index contributed by atoms with van der Waals surface area (Å²) < 4.78 is 5.37. The number of nitrogens with one attached hydrogen (secondary N) is 1. The van der Waals surface area contributed by atoms with Gasteiger partial charge in [0.1, 0.15) is 5.76 Å². The van der Waals surface area contributed by atoms with Crippen molar-refractivity contribution in [2.45, 2.75) is 39.2 Å². The second kappa shape index (κ2) is 6.33. The minimum absolute atomic E-state index is 0.0349. The van der Waals surface area contributed by atoms with Gasteiger partial charge in [-0.1, -0.05) is 20.3 Å². The van der Waals surface area contributed by atoms with Crippen molar-refractivity contribution in [3.8, 4) is 0 Å². The van der Waals surface area contributed by atoms with E-state index < -0.39 is 0 Å². The van der Waals surface area contributed by atoms with Gasteiger partial charge in [-0.15, -0.1) is 0 Å². The molecule has 0 saturated carbocycles. The van der Waals surface area contributed by atoms with Crippen molar-refractivity contribution in [2.24, 2.45) is 5.73 Å². The van der Waals surface area contributed by atoms with Crippen molar-refractivity contribution in [2.75, 3.05) is 6.54 Å². The van der Waals surface area contributed by atoms with Crippen LogP contribution in [0.2, 0.25) is 0 Å². The summed E-state index contributed by atoms with van der Waals surface area (Å²) in [5, 5.41) is 2.86. The molecule has 0 aliphatic carbocycles. The van der Waals surface area contributed by atoms with Crippen molar-refractivity contribution in [3.05, 3.63) is 23.7 Å². The lowest BCUT2D eigenvalue weighted by molar-refractivity contribution is 0.0906. The summed E-state index contributed by atoms with van der Waals surface area (Å²) in [5.74, 6) is 1.01. The molecular weight excluding hydrogens is 204 g/mol. The molecule has 1 aromatic heterocycles. The Hall–Kier alpha value is -1.29. The van der Waals surface area contributed by atoms with Crippen LogP contribution in [0, 0.1) is 0 Å². The summed E-state index contributed by atoms with van der Waals surface area (Å²) in [6, 6.07) is 3.56. The van der Waals surface area contributed by atoms with Gasteiger partial charge in [-0.2, -0.15) is 0 Å². The van der Waals surface area contributed by atoms with Crippen molar-refractivity contribution in [3.63, 3.8) is 0 Å². The van der Waals surface area contributed by atoms with E-state index in [9.17, 15) is 4.79 Å². The van der Waals surface area contributed by atoms with Crippen LogP contribution in [0.3, 0.4) is 0 Å². The molecule has 0 saturated heterocycles. The van der Waals surface area contributed by atoms with Gasteiger partial charge in [0.15, 0.2) is 5.76 Å². The van der Waals surface area contributed by atoms with Gasteiger partial charge in [0.25, 0.3) is 5.91 Å². The van der Waals surface area contributed by atoms with Crippen molar-refractivity contribution in [1.29, 1.82) is 0 Å². The predicted molar refractivity (Wildman–Crippen MR) is 63.3 cm³/mol. The highest BCUT2D eigenvalue weighted by atomic mass is 16.3. The Balaban J connectivity index is 2.56. The molecule has 0 aliphatic rings. The summed E-state index contributed by atoms with van der Waals surface area (Å²) in [6.07, 6.45) is 2.69. The van der Waals surface area contributed by atoms with E-state index in [0.29, 0.717) is 12.3 Å². The van der Waals surface area contributed by atoms with E-state index in [4.69, 9.17) is 10.2 Å². The smallest absolute Gasteiger partial charge is 0.287 e. The zero-order valence-electron chi connectivity index (χ0n) is 9.95. The Morgan fingerprint density at radius 1 is 1.50 bits per heavy atom. The Bertz CT molecular complexity index is 334. The second-order valence-electron chi connectivity index (χ2n) is 3.81. The molecule has 0 fully saturated rings. The van der Waals surface area contributed by atoms with Crippen LogP contribution < -0.4 is 11.1 Å². The maximum absolute atomic E-state index is 11.8. The third-order valence-electron chi connectivity index (χ3n) is 2.49. The number of carbonyl (C=O) groups is 1. The molecule has 4 heteroatoms. The SMILES string of the molecule is CCCC(CN)NC(=O)c1ccc(CC)o1. The fourth-order valence-electron chi connectivity index (χ4n) is 1.54. The maximum atomic E-state index is 11.8. The van der Waals surface area contributed by atoms with Crippen LogP contribution in [0.1, 0.15) is 43.0 Å². The van der Waals surface area contributed by atoms with Gasteiger partial charge in [0.2, 0.25) is 0 Å². The van der Waals surface area contributed by atoms with Gasteiger partial charge in [-0.25, -0.2) is 0 Å². The number of amides is 1. The number of rotatable bonds is 6. The van der Waals surface area contributed by atoms with E-state index in [-0.39, 0.29) is 11.9 Å². The van der Waals surface area contributed by atoms with Gasteiger partial charge in [0, 0.05) is 19.0 Å². The summed E-state index contributed by atoms with van der Waals surface area (Å²) >= 11 is 0. The third kappa shape index (κ3) is 3.38. The minimum atomic E-state index is -0.177. The predicted octanol–water partition coefficient (Wildman–Crippen LogP) is 1.70. The van der Waals surface area contributed by atoms with E-state index in [1.165, 1.54) is 0 Å². The lowest BCUT2D eigenvalue weighted by Crippen LogP contribution is -2.39. The Morgan fingerprint density at radius 2 is 2.25 bits per heavy atom. The summed E-state index contributed by atoms with van der Waals surface area (Å²) in [5.41, 5.74) is 5.57. The Kier molecular flexibility index (Phi) is 5.05. The van der Waals surface area contributed by atoms with Crippen LogP contribution in [-0.2, 0) is 6.42 Å². The standard InChI is InChI=1S/C12H20N2O2/c1-3-5-9(8-13)14-12(15)11-7-6-10(4-2)16-11/h6-7,9H,3-5,8,13H2,1-2H3,(H,14,15). The minimum Gasteiger partial charge on any atom is -0.456 e. The van der Waals surface area contributed by atoms with Gasteiger partial charge in [0.05, 0.1) is 0 Å². The van der Waals surface area contributed by atoms with Gasteiger partial charge in [-0.05, 0) is 18.6 Å². The summed E-state index contributed by atoms with van der Waals surface area (Å²) in [4.78, 5) is 11.8. The molecule has 1 aromatic rings. The maximum Gasteiger partial charge on any atom is 0.287 e. The zero-order chi connectivity index (χ0) is 12.0. The molecule has 3 N–H and O–H groups in total. The highest BCUT2D eigenvalue weighted by Gasteiger charge is 2.14.